The molecule has 0 aromatic heterocycles. The molecule has 0 bridgehead atoms. The zero-order chi connectivity index (χ0) is 24.8. The topological polar surface area (TPSA) is 54.0 Å². The molecule has 6 nitrogen and oxygen atoms in total. The zero-order valence-corrected chi connectivity index (χ0v) is 20.7. The minimum Gasteiger partial charge on any atom is -0.493 e. The van der Waals surface area contributed by atoms with Gasteiger partial charge in [0.15, 0.2) is 18.1 Å². The number of piperazine rings is 1. The van der Waals surface area contributed by atoms with Crippen LogP contribution in [-0.2, 0) is 4.79 Å². The zero-order valence-electron chi connectivity index (χ0n) is 19.2. The van der Waals surface area contributed by atoms with E-state index in [1.54, 1.807) is 48.5 Å². The molecule has 1 heterocycles. The number of carbonyl (C=O) groups is 1. The second-order valence-corrected chi connectivity index (χ2v) is 8.76. The van der Waals surface area contributed by atoms with Crippen LogP contribution in [0.2, 0.25) is 5.02 Å². The maximum Gasteiger partial charge on any atom is 0.262 e. The second-order valence-electron chi connectivity index (χ2n) is 7.94. The fourth-order valence-electron chi connectivity index (χ4n) is 3.83. The number of hydrogen-bond donors (Lipinski definition) is 1. The Hall–Kier alpha value is -3.36. The first-order valence-electron chi connectivity index (χ1n) is 11.1. The lowest BCUT2D eigenvalue weighted by Gasteiger charge is -2.37. The molecule has 1 saturated heterocycles. The quantitative estimate of drug-likeness (QED) is 0.449. The van der Waals surface area contributed by atoms with E-state index < -0.39 is 0 Å². The van der Waals surface area contributed by atoms with Crippen molar-refractivity contribution in [2.24, 2.45) is 0 Å². The number of amides is 1. The summed E-state index contributed by atoms with van der Waals surface area (Å²) in [6, 6.07) is 19.0. The van der Waals surface area contributed by atoms with Crippen molar-refractivity contribution < 1.29 is 18.7 Å². The van der Waals surface area contributed by atoms with E-state index >= 15 is 0 Å². The van der Waals surface area contributed by atoms with Crippen LogP contribution in [0.4, 0.5) is 15.8 Å². The van der Waals surface area contributed by atoms with Gasteiger partial charge in [-0.25, -0.2) is 4.39 Å². The minimum atomic E-state index is -0.304. The Morgan fingerprint density at radius 3 is 2.43 bits per heavy atom. The van der Waals surface area contributed by atoms with Crippen LogP contribution in [0, 0.1) is 5.82 Å². The normalized spacial score (nSPS) is 13.3. The molecule has 182 valence electrons. The van der Waals surface area contributed by atoms with E-state index in [0.717, 1.165) is 5.56 Å². The highest BCUT2D eigenvalue weighted by Gasteiger charge is 2.22. The van der Waals surface area contributed by atoms with E-state index in [9.17, 15) is 9.18 Å². The van der Waals surface area contributed by atoms with E-state index in [1.165, 1.54) is 13.2 Å². The molecule has 0 unspecified atom stereocenters. The molecule has 35 heavy (non-hydrogen) atoms. The lowest BCUT2D eigenvalue weighted by molar-refractivity contribution is -0.118. The van der Waals surface area contributed by atoms with Gasteiger partial charge < -0.3 is 24.6 Å². The predicted molar refractivity (Wildman–Crippen MR) is 140 cm³/mol. The van der Waals surface area contributed by atoms with Crippen molar-refractivity contribution in [1.29, 1.82) is 0 Å². The van der Waals surface area contributed by atoms with Gasteiger partial charge >= 0.3 is 0 Å². The molecule has 1 aliphatic rings. The molecule has 1 aliphatic heterocycles. The van der Waals surface area contributed by atoms with Crippen LogP contribution >= 0.6 is 23.8 Å². The number of thiocarbonyl (C=S) groups is 1. The van der Waals surface area contributed by atoms with Gasteiger partial charge in [0.25, 0.3) is 5.91 Å². The number of nitrogens with one attached hydrogen (secondary N) is 1. The number of benzene rings is 3. The lowest BCUT2D eigenvalue weighted by atomic mass is 10.1. The second kappa shape index (κ2) is 11.4. The number of rotatable bonds is 7. The number of ether oxygens (including phenoxy) is 2. The van der Waals surface area contributed by atoms with Crippen LogP contribution in [0.5, 0.6) is 11.5 Å². The van der Waals surface area contributed by atoms with Crippen LogP contribution in [-0.4, -0.2) is 55.7 Å². The number of carbonyl (C=O) groups excluding carboxylic acids is 1. The fraction of sp³-hybridized carbons (Fsp3) is 0.231. The Morgan fingerprint density at radius 2 is 1.74 bits per heavy atom. The van der Waals surface area contributed by atoms with Crippen LogP contribution < -0.4 is 19.7 Å². The summed E-state index contributed by atoms with van der Waals surface area (Å²) in [5.41, 5.74) is 2.06. The largest absolute Gasteiger partial charge is 0.493 e. The van der Waals surface area contributed by atoms with Gasteiger partial charge in [-0.15, -0.1) is 0 Å². The molecule has 0 spiro atoms. The molecule has 3 aromatic carbocycles. The average Bonchev–Trinajstić information content (AvgIpc) is 2.88. The van der Waals surface area contributed by atoms with Gasteiger partial charge in [0.2, 0.25) is 0 Å². The van der Waals surface area contributed by atoms with Crippen LogP contribution in [0.3, 0.4) is 0 Å². The Labute approximate surface area is 214 Å². The first-order valence-corrected chi connectivity index (χ1v) is 11.9. The molecule has 0 atom stereocenters. The third-order valence-electron chi connectivity index (χ3n) is 5.66. The van der Waals surface area contributed by atoms with Gasteiger partial charge in [0.1, 0.15) is 10.8 Å². The Bertz CT molecular complexity index is 1200. The van der Waals surface area contributed by atoms with Gasteiger partial charge in [-0.2, -0.15) is 0 Å². The molecular weight excluding hydrogens is 489 g/mol. The number of hydrogen-bond acceptors (Lipinski definition) is 5. The number of nitrogens with zero attached hydrogens (tertiary/aromatic N) is 2. The lowest BCUT2D eigenvalue weighted by Crippen LogP contribution is -2.48. The molecule has 1 amide bonds. The van der Waals surface area contributed by atoms with Crippen LogP contribution in [0.15, 0.2) is 66.7 Å². The first-order chi connectivity index (χ1) is 16.9. The van der Waals surface area contributed by atoms with Gasteiger partial charge in [0.05, 0.1) is 12.8 Å². The molecule has 0 aliphatic carbocycles. The van der Waals surface area contributed by atoms with E-state index in [4.69, 9.17) is 33.3 Å². The molecular formula is C26H25ClFN3O3S. The van der Waals surface area contributed by atoms with Crippen molar-refractivity contribution in [1.82, 2.24) is 4.90 Å². The Kier molecular flexibility index (Phi) is 8.05. The maximum atomic E-state index is 14.1. The van der Waals surface area contributed by atoms with E-state index in [1.807, 2.05) is 17.0 Å². The summed E-state index contributed by atoms with van der Waals surface area (Å²) in [6.07, 6.45) is 0. The average molecular weight is 514 g/mol. The summed E-state index contributed by atoms with van der Waals surface area (Å²) >= 11 is 11.6. The summed E-state index contributed by atoms with van der Waals surface area (Å²) in [7, 11) is 1.54. The molecule has 1 N–H and O–H groups in total. The van der Waals surface area contributed by atoms with Crippen molar-refractivity contribution in [3.63, 3.8) is 0 Å². The van der Waals surface area contributed by atoms with Crippen molar-refractivity contribution in [2.45, 2.75) is 0 Å². The number of para-hydroxylation sites is 1. The van der Waals surface area contributed by atoms with Crippen LogP contribution in [0.1, 0.15) is 5.56 Å². The van der Waals surface area contributed by atoms with E-state index in [2.05, 4.69) is 10.2 Å². The third kappa shape index (κ3) is 6.21. The standard InChI is InChI=1S/C26H25ClFN3O3S/c1-33-24-16-18(6-11-23(24)34-17-25(32)29-20-9-7-19(27)8-10-20)26(35)31-14-12-30(13-15-31)22-5-3-2-4-21(22)28/h2-11,16H,12-15,17H2,1H3,(H,29,32). The SMILES string of the molecule is COc1cc(C(=S)N2CCN(c3ccccc3F)CC2)ccc1OCC(=O)Nc1ccc(Cl)cc1. The Morgan fingerprint density at radius 1 is 1.03 bits per heavy atom. The Balaban J connectivity index is 1.34. The minimum absolute atomic E-state index is 0.180. The third-order valence-corrected chi connectivity index (χ3v) is 6.40. The van der Waals surface area contributed by atoms with E-state index in [-0.39, 0.29) is 18.3 Å². The van der Waals surface area contributed by atoms with Gasteiger partial charge in [-0.3, -0.25) is 4.79 Å². The first kappa shape index (κ1) is 24.8. The highest BCUT2D eigenvalue weighted by Crippen LogP contribution is 2.29. The summed E-state index contributed by atoms with van der Waals surface area (Å²) in [5, 5.41) is 3.34. The molecule has 9 heteroatoms. The van der Waals surface area contributed by atoms with Gasteiger partial charge in [-0.05, 0) is 54.6 Å². The van der Waals surface area contributed by atoms with E-state index in [0.29, 0.717) is 59.1 Å². The summed E-state index contributed by atoms with van der Waals surface area (Å²) in [5.74, 6) is 0.399. The fourth-order valence-corrected chi connectivity index (χ4v) is 4.27. The van der Waals surface area contributed by atoms with Crippen molar-refractivity contribution in [3.05, 3.63) is 83.1 Å². The van der Waals surface area contributed by atoms with Gasteiger partial charge in [-0.1, -0.05) is 36.0 Å². The highest BCUT2D eigenvalue weighted by molar-refractivity contribution is 7.80. The highest BCUT2D eigenvalue weighted by atomic mass is 35.5. The number of halogens is 2. The number of anilines is 2. The maximum absolute atomic E-state index is 14.1. The number of methoxy groups -OCH3 is 1. The van der Waals surface area contributed by atoms with Crippen molar-refractivity contribution in [2.75, 3.05) is 50.1 Å². The molecule has 0 radical (unpaired) electrons. The van der Waals surface area contributed by atoms with Crippen molar-refractivity contribution >= 4 is 46.1 Å². The molecule has 0 saturated carbocycles. The summed E-state index contributed by atoms with van der Waals surface area (Å²) in [6.45, 7) is 2.52. The molecule has 4 rings (SSSR count). The summed E-state index contributed by atoms with van der Waals surface area (Å²) < 4.78 is 25.3. The monoisotopic (exact) mass is 513 g/mol. The molecule has 1 fully saturated rings. The van der Waals surface area contributed by atoms with Crippen molar-refractivity contribution in [3.8, 4) is 11.5 Å². The smallest absolute Gasteiger partial charge is 0.262 e. The van der Waals surface area contributed by atoms with Crippen LogP contribution in [0.25, 0.3) is 0 Å². The van der Waals surface area contributed by atoms with Gasteiger partial charge in [0, 0.05) is 42.5 Å². The summed E-state index contributed by atoms with van der Waals surface area (Å²) in [4.78, 5) is 17.0. The molecule has 3 aromatic rings. The predicted octanol–water partition coefficient (Wildman–Crippen LogP) is 5.00.